The molecule has 4 aliphatic rings. The smallest absolute Gasteiger partial charge is 0.0690 e. The second-order valence-corrected chi connectivity index (χ2v) is 6.70. The average molecular weight is 263 g/mol. The van der Waals surface area contributed by atoms with Crippen molar-refractivity contribution >= 4 is 0 Å². The zero-order chi connectivity index (χ0) is 12.7. The molecule has 0 unspecified atom stereocenters. The van der Waals surface area contributed by atoms with Gasteiger partial charge < -0.3 is 14.8 Å². The summed E-state index contributed by atoms with van der Waals surface area (Å²) < 4.78 is 11.3. The van der Waals surface area contributed by atoms with Crippen LogP contribution in [0.25, 0.3) is 0 Å². The summed E-state index contributed by atoms with van der Waals surface area (Å²) >= 11 is 0. The Morgan fingerprint density at radius 3 is 3.00 bits per heavy atom. The van der Waals surface area contributed by atoms with Gasteiger partial charge >= 0.3 is 0 Å². The number of ether oxygens (including phenoxy) is 2. The average Bonchev–Trinajstić information content (AvgIpc) is 2.79. The molecule has 106 valence electrons. The molecule has 3 atom stereocenters. The van der Waals surface area contributed by atoms with Gasteiger partial charge in [-0.2, -0.15) is 0 Å². The molecule has 1 spiro atoms. The molecular weight excluding hydrogens is 238 g/mol. The molecule has 2 saturated carbocycles. The summed E-state index contributed by atoms with van der Waals surface area (Å²) in [4.78, 5) is 0. The predicted molar refractivity (Wildman–Crippen MR) is 74.1 cm³/mol. The number of fused-ring (bicyclic) bond motifs is 2. The number of nitrogens with one attached hydrogen (secondary N) is 1. The summed E-state index contributed by atoms with van der Waals surface area (Å²) in [6.07, 6.45) is 10.7. The maximum Gasteiger partial charge on any atom is 0.0690 e. The van der Waals surface area contributed by atoms with E-state index < -0.39 is 0 Å². The second-order valence-electron chi connectivity index (χ2n) is 6.70. The van der Waals surface area contributed by atoms with E-state index in [0.29, 0.717) is 11.5 Å². The summed E-state index contributed by atoms with van der Waals surface area (Å²) in [6, 6.07) is 0.745. The van der Waals surface area contributed by atoms with Crippen LogP contribution >= 0.6 is 0 Å². The lowest BCUT2D eigenvalue weighted by atomic mass is 9.46. The zero-order valence-electron chi connectivity index (χ0n) is 11.7. The Labute approximate surface area is 115 Å². The molecule has 0 amide bonds. The number of hydrogen-bond donors (Lipinski definition) is 1. The fourth-order valence-corrected chi connectivity index (χ4v) is 4.74. The van der Waals surface area contributed by atoms with Gasteiger partial charge in [-0.15, -0.1) is 0 Å². The first-order valence-corrected chi connectivity index (χ1v) is 8.01. The van der Waals surface area contributed by atoms with Crippen molar-refractivity contribution in [1.29, 1.82) is 0 Å². The largest absolute Gasteiger partial charge is 0.377 e. The van der Waals surface area contributed by atoms with Crippen LogP contribution in [0.3, 0.4) is 0 Å². The van der Waals surface area contributed by atoms with Gasteiger partial charge in [-0.25, -0.2) is 0 Å². The topological polar surface area (TPSA) is 30.5 Å². The summed E-state index contributed by atoms with van der Waals surface area (Å²) in [7, 11) is 0. The molecule has 3 nitrogen and oxygen atoms in total. The van der Waals surface area contributed by atoms with E-state index in [4.69, 9.17) is 9.47 Å². The highest BCUT2D eigenvalue weighted by molar-refractivity contribution is 5.18. The Balaban J connectivity index is 1.31. The van der Waals surface area contributed by atoms with Gasteiger partial charge in [0.05, 0.1) is 19.3 Å². The highest BCUT2D eigenvalue weighted by Crippen LogP contribution is 2.62. The third-order valence-corrected chi connectivity index (χ3v) is 5.90. The molecule has 4 rings (SSSR count). The van der Waals surface area contributed by atoms with Gasteiger partial charge in [-0.3, -0.25) is 0 Å². The first-order valence-electron chi connectivity index (χ1n) is 8.01. The molecule has 2 aliphatic carbocycles. The molecule has 3 fully saturated rings. The van der Waals surface area contributed by atoms with Crippen molar-refractivity contribution in [2.45, 2.75) is 50.7 Å². The van der Waals surface area contributed by atoms with Gasteiger partial charge in [0, 0.05) is 24.0 Å². The predicted octanol–water partition coefficient (Wildman–Crippen LogP) is 2.27. The Hall–Kier alpha value is -0.380. The number of rotatable bonds is 4. The van der Waals surface area contributed by atoms with Crippen molar-refractivity contribution in [3.05, 3.63) is 11.6 Å². The van der Waals surface area contributed by atoms with E-state index >= 15 is 0 Å². The van der Waals surface area contributed by atoms with Crippen LogP contribution in [-0.4, -0.2) is 38.5 Å². The van der Waals surface area contributed by atoms with Crippen molar-refractivity contribution < 1.29 is 9.47 Å². The third-order valence-electron chi connectivity index (χ3n) is 5.90. The van der Waals surface area contributed by atoms with Crippen molar-refractivity contribution in [3.63, 3.8) is 0 Å². The first kappa shape index (κ1) is 12.4. The van der Waals surface area contributed by atoms with Crippen molar-refractivity contribution in [2.75, 3.05) is 26.4 Å². The van der Waals surface area contributed by atoms with Crippen LogP contribution in [0.15, 0.2) is 11.6 Å². The highest BCUT2D eigenvalue weighted by atomic mass is 16.5. The third kappa shape index (κ3) is 1.90. The lowest BCUT2D eigenvalue weighted by Crippen LogP contribution is -2.71. The molecule has 0 bridgehead atoms. The molecule has 0 radical (unpaired) electrons. The molecule has 1 saturated heterocycles. The van der Waals surface area contributed by atoms with Gasteiger partial charge in [0.25, 0.3) is 0 Å². The van der Waals surface area contributed by atoms with Crippen LogP contribution in [0.1, 0.15) is 38.5 Å². The first-order chi connectivity index (χ1) is 9.40. The van der Waals surface area contributed by atoms with Gasteiger partial charge in [-0.1, -0.05) is 18.1 Å². The maximum absolute atomic E-state index is 5.97. The van der Waals surface area contributed by atoms with E-state index in [1.54, 1.807) is 5.57 Å². The standard InChI is InChI=1S/C16H25NO2/c1-6-16(7-1)14(13-5-11-19-15(13)16)17-8-2-12-3-9-18-10-4-12/h3,13-15,17H,1-2,4-11H2/t13-,14+,15+/m0/s1. The van der Waals surface area contributed by atoms with E-state index in [1.165, 1.54) is 32.1 Å². The molecule has 1 N–H and O–H groups in total. The molecule has 2 aliphatic heterocycles. The van der Waals surface area contributed by atoms with Crippen LogP contribution in [0.2, 0.25) is 0 Å². The minimum Gasteiger partial charge on any atom is -0.377 e. The fourth-order valence-electron chi connectivity index (χ4n) is 4.74. The van der Waals surface area contributed by atoms with Crippen molar-refractivity contribution in [3.8, 4) is 0 Å². The maximum atomic E-state index is 5.97. The quantitative estimate of drug-likeness (QED) is 0.789. The van der Waals surface area contributed by atoms with Crippen LogP contribution in [0, 0.1) is 11.3 Å². The Bertz CT molecular complexity index is 375. The summed E-state index contributed by atoms with van der Waals surface area (Å²) in [5, 5.41) is 3.87. The van der Waals surface area contributed by atoms with E-state index in [-0.39, 0.29) is 0 Å². The highest BCUT2D eigenvalue weighted by Gasteiger charge is 2.66. The van der Waals surface area contributed by atoms with Gasteiger partial charge in [0.2, 0.25) is 0 Å². The molecular formula is C16H25NO2. The minimum atomic E-state index is 0.533. The summed E-state index contributed by atoms with van der Waals surface area (Å²) in [5.41, 5.74) is 2.12. The van der Waals surface area contributed by atoms with E-state index in [0.717, 1.165) is 44.7 Å². The fraction of sp³-hybridized carbons (Fsp3) is 0.875. The van der Waals surface area contributed by atoms with Crippen LogP contribution in [0.4, 0.5) is 0 Å². The van der Waals surface area contributed by atoms with Crippen LogP contribution < -0.4 is 5.32 Å². The van der Waals surface area contributed by atoms with Crippen molar-refractivity contribution in [2.24, 2.45) is 11.3 Å². The molecule has 3 heteroatoms. The zero-order valence-corrected chi connectivity index (χ0v) is 11.7. The number of hydrogen-bond acceptors (Lipinski definition) is 3. The Morgan fingerprint density at radius 1 is 1.32 bits per heavy atom. The van der Waals surface area contributed by atoms with Crippen LogP contribution in [-0.2, 0) is 9.47 Å². The van der Waals surface area contributed by atoms with E-state index in [9.17, 15) is 0 Å². The van der Waals surface area contributed by atoms with Crippen molar-refractivity contribution in [1.82, 2.24) is 5.32 Å². The molecule has 0 aromatic rings. The lowest BCUT2D eigenvalue weighted by molar-refractivity contribution is -0.175. The lowest BCUT2D eigenvalue weighted by Gasteiger charge is -2.63. The normalized spacial score (nSPS) is 39.4. The van der Waals surface area contributed by atoms with Crippen LogP contribution in [0.5, 0.6) is 0 Å². The van der Waals surface area contributed by atoms with Gasteiger partial charge in [-0.05, 0) is 38.6 Å². The second kappa shape index (κ2) is 4.87. The Kier molecular flexibility index (Phi) is 3.17. The SMILES string of the molecule is C1=C(CCN[C@@H]2[C@@H]3CCO[C@H]3C23CCC3)CCOC1. The Morgan fingerprint density at radius 2 is 2.26 bits per heavy atom. The minimum absolute atomic E-state index is 0.533. The monoisotopic (exact) mass is 263 g/mol. The van der Waals surface area contributed by atoms with E-state index in [2.05, 4.69) is 11.4 Å². The van der Waals surface area contributed by atoms with E-state index in [1.807, 2.05) is 0 Å². The molecule has 19 heavy (non-hydrogen) atoms. The molecule has 0 aromatic heterocycles. The summed E-state index contributed by atoms with van der Waals surface area (Å²) in [6.45, 7) is 3.87. The summed E-state index contributed by atoms with van der Waals surface area (Å²) in [5.74, 6) is 0.809. The van der Waals surface area contributed by atoms with Gasteiger partial charge in [0.1, 0.15) is 0 Å². The molecule has 0 aromatic carbocycles. The van der Waals surface area contributed by atoms with Gasteiger partial charge in [0.15, 0.2) is 0 Å². The molecule has 2 heterocycles.